The number of nitrogens with zero attached hydrogens (tertiary/aromatic N) is 2. The van der Waals surface area contributed by atoms with Gasteiger partial charge in [0.25, 0.3) is 0 Å². The fourth-order valence-electron chi connectivity index (χ4n) is 3.24. The maximum absolute atomic E-state index is 14.5. The van der Waals surface area contributed by atoms with E-state index in [2.05, 4.69) is 20.5 Å². The topological polar surface area (TPSA) is 48.9 Å². The van der Waals surface area contributed by atoms with Gasteiger partial charge >= 0.3 is 0 Å². The number of hydrogen-bond acceptors (Lipinski definition) is 3. The molecule has 1 atom stereocenters. The van der Waals surface area contributed by atoms with Gasteiger partial charge in [0, 0.05) is 43.9 Å². The highest BCUT2D eigenvalue weighted by molar-refractivity contribution is 14.0. The van der Waals surface area contributed by atoms with Crippen LogP contribution in [0.3, 0.4) is 0 Å². The van der Waals surface area contributed by atoms with Crippen LogP contribution in [0.15, 0.2) is 23.2 Å². The Hall–Kier alpha value is -0.640. The zero-order chi connectivity index (χ0) is 18.8. The van der Waals surface area contributed by atoms with Gasteiger partial charge in [-0.05, 0) is 51.4 Å². The first-order valence-corrected chi connectivity index (χ1v) is 9.75. The van der Waals surface area contributed by atoms with Crippen LogP contribution >= 0.6 is 35.6 Å². The molecule has 0 radical (unpaired) electrons. The summed E-state index contributed by atoms with van der Waals surface area (Å²) in [6.45, 7) is 6.67. The molecule has 8 heteroatoms. The Morgan fingerprint density at radius 2 is 2.07 bits per heavy atom. The summed E-state index contributed by atoms with van der Waals surface area (Å²) in [6, 6.07) is 4.76. The highest BCUT2D eigenvalue weighted by Gasteiger charge is 2.27. The lowest BCUT2D eigenvalue weighted by Gasteiger charge is -2.29. The molecule has 0 bridgehead atoms. The van der Waals surface area contributed by atoms with Crippen LogP contribution < -0.4 is 10.6 Å². The molecule has 0 aliphatic carbocycles. The van der Waals surface area contributed by atoms with Crippen LogP contribution in [0.5, 0.6) is 0 Å². The third kappa shape index (κ3) is 7.71. The number of guanidine groups is 1. The Bertz CT molecular complexity index is 565. The third-order valence-electron chi connectivity index (χ3n) is 4.56. The van der Waals surface area contributed by atoms with Gasteiger partial charge in [-0.1, -0.05) is 17.7 Å². The van der Waals surface area contributed by atoms with Gasteiger partial charge in [0.1, 0.15) is 5.82 Å². The van der Waals surface area contributed by atoms with Gasteiger partial charge in [-0.2, -0.15) is 0 Å². The van der Waals surface area contributed by atoms with E-state index in [-0.39, 0.29) is 35.8 Å². The minimum absolute atomic E-state index is 0. The predicted octanol–water partition coefficient (Wildman–Crippen LogP) is 3.83. The quantitative estimate of drug-likeness (QED) is 0.229. The molecule has 1 saturated heterocycles. The normalized spacial score (nSPS) is 16.1. The Morgan fingerprint density at radius 1 is 1.33 bits per heavy atom. The molecule has 27 heavy (non-hydrogen) atoms. The van der Waals surface area contributed by atoms with Crippen molar-refractivity contribution in [2.24, 2.45) is 4.99 Å². The molecule has 2 N–H and O–H groups in total. The Morgan fingerprint density at radius 3 is 2.70 bits per heavy atom. The molecule has 1 aromatic rings. The minimum atomic E-state index is -0.254. The van der Waals surface area contributed by atoms with Crippen molar-refractivity contribution in [2.45, 2.75) is 32.2 Å². The lowest BCUT2D eigenvalue weighted by molar-refractivity contribution is 0.145. The number of nitrogens with one attached hydrogen (secondary N) is 2. The van der Waals surface area contributed by atoms with Crippen LogP contribution in [0.2, 0.25) is 5.02 Å². The number of likely N-dealkylation sites (tertiary alicyclic amines) is 1. The van der Waals surface area contributed by atoms with Gasteiger partial charge in [0.15, 0.2) is 5.96 Å². The molecule has 0 spiro atoms. The Kier molecular flexibility index (Phi) is 12.2. The molecule has 0 amide bonds. The van der Waals surface area contributed by atoms with Crippen molar-refractivity contribution in [1.29, 1.82) is 0 Å². The molecule has 1 fully saturated rings. The number of benzene rings is 1. The number of rotatable bonds is 9. The van der Waals surface area contributed by atoms with Crippen molar-refractivity contribution in [2.75, 3.05) is 46.4 Å². The van der Waals surface area contributed by atoms with Crippen molar-refractivity contribution in [3.63, 3.8) is 0 Å². The van der Waals surface area contributed by atoms with Gasteiger partial charge < -0.3 is 15.4 Å². The molecule has 1 heterocycles. The van der Waals surface area contributed by atoms with E-state index in [9.17, 15) is 4.39 Å². The molecule has 1 aliphatic heterocycles. The van der Waals surface area contributed by atoms with Gasteiger partial charge in [-0.25, -0.2) is 4.39 Å². The van der Waals surface area contributed by atoms with Crippen molar-refractivity contribution >= 4 is 41.5 Å². The first-order chi connectivity index (χ1) is 12.7. The minimum Gasteiger partial charge on any atom is -0.382 e. The van der Waals surface area contributed by atoms with E-state index in [1.165, 1.54) is 6.07 Å². The van der Waals surface area contributed by atoms with Crippen molar-refractivity contribution in [1.82, 2.24) is 15.5 Å². The van der Waals surface area contributed by atoms with Crippen LogP contribution in [0, 0.1) is 5.82 Å². The van der Waals surface area contributed by atoms with Crippen molar-refractivity contribution in [3.05, 3.63) is 34.6 Å². The molecule has 0 aromatic heterocycles. The van der Waals surface area contributed by atoms with Crippen LogP contribution in [-0.2, 0) is 4.74 Å². The lowest BCUT2D eigenvalue weighted by Crippen LogP contribution is -2.43. The maximum atomic E-state index is 14.5. The van der Waals surface area contributed by atoms with E-state index in [1.807, 2.05) is 6.92 Å². The second-order valence-corrected chi connectivity index (χ2v) is 6.73. The van der Waals surface area contributed by atoms with Crippen LogP contribution in [0.4, 0.5) is 4.39 Å². The average Bonchev–Trinajstić information content (AvgIpc) is 3.16. The maximum Gasteiger partial charge on any atom is 0.191 e. The average molecular weight is 513 g/mol. The standard InChI is InChI=1S/C19H30ClFN4O.HI/c1-3-26-13-7-10-23-19(22-2)24-14-17(25-11-4-5-12-25)18-15(20)8-6-9-16(18)21;/h6,8-9,17H,3-5,7,10-14H2,1-2H3,(H2,22,23,24);1H. The van der Waals surface area contributed by atoms with Crippen LogP contribution in [0.1, 0.15) is 37.8 Å². The second kappa shape index (κ2) is 13.5. The summed E-state index contributed by atoms with van der Waals surface area (Å²) in [5, 5.41) is 7.07. The second-order valence-electron chi connectivity index (χ2n) is 6.32. The van der Waals surface area contributed by atoms with E-state index < -0.39 is 0 Å². The summed E-state index contributed by atoms with van der Waals surface area (Å²) in [6.07, 6.45) is 3.17. The smallest absolute Gasteiger partial charge is 0.191 e. The highest BCUT2D eigenvalue weighted by Crippen LogP contribution is 2.31. The molecule has 1 aromatic carbocycles. The van der Waals surface area contributed by atoms with Gasteiger partial charge in [0.2, 0.25) is 0 Å². The molecule has 0 saturated carbocycles. The fraction of sp³-hybridized carbons (Fsp3) is 0.632. The van der Waals surface area contributed by atoms with Gasteiger partial charge in [-0.3, -0.25) is 9.89 Å². The molecule has 1 unspecified atom stereocenters. The monoisotopic (exact) mass is 512 g/mol. The van der Waals surface area contributed by atoms with E-state index in [4.69, 9.17) is 16.3 Å². The number of hydrogen-bond donors (Lipinski definition) is 2. The number of halogens is 3. The van der Waals surface area contributed by atoms with Gasteiger partial charge in [-0.15, -0.1) is 24.0 Å². The molecular weight excluding hydrogens is 482 g/mol. The molecule has 1 aliphatic rings. The molecule has 154 valence electrons. The first kappa shape index (κ1) is 24.4. The fourth-order valence-corrected chi connectivity index (χ4v) is 3.52. The molecular formula is C19H31ClFIN4O. The summed E-state index contributed by atoms with van der Waals surface area (Å²) < 4.78 is 19.8. The number of ether oxygens (including phenoxy) is 1. The van der Waals surface area contributed by atoms with Crippen molar-refractivity contribution < 1.29 is 9.13 Å². The van der Waals surface area contributed by atoms with Gasteiger partial charge in [0.05, 0.1) is 6.04 Å². The van der Waals surface area contributed by atoms with E-state index in [0.717, 1.165) is 52.1 Å². The summed E-state index contributed by atoms with van der Waals surface area (Å²) in [5.41, 5.74) is 0.565. The summed E-state index contributed by atoms with van der Waals surface area (Å²) in [7, 11) is 1.73. The molecule has 5 nitrogen and oxygen atoms in total. The summed E-state index contributed by atoms with van der Waals surface area (Å²) in [5.74, 6) is 0.453. The molecule has 2 rings (SSSR count). The Balaban J connectivity index is 0.00000364. The largest absolute Gasteiger partial charge is 0.382 e. The first-order valence-electron chi connectivity index (χ1n) is 9.37. The SMILES string of the molecule is CCOCCCNC(=NC)NCC(c1c(F)cccc1Cl)N1CCCC1.I. The Labute approximate surface area is 184 Å². The summed E-state index contributed by atoms with van der Waals surface area (Å²) in [4.78, 5) is 6.54. The van der Waals surface area contributed by atoms with Crippen LogP contribution in [-0.4, -0.2) is 57.3 Å². The lowest BCUT2D eigenvalue weighted by atomic mass is 10.0. The third-order valence-corrected chi connectivity index (χ3v) is 4.89. The van der Waals surface area contributed by atoms with E-state index in [1.54, 1.807) is 19.2 Å². The van der Waals surface area contributed by atoms with Crippen molar-refractivity contribution in [3.8, 4) is 0 Å². The summed E-state index contributed by atoms with van der Waals surface area (Å²) >= 11 is 6.33. The van der Waals surface area contributed by atoms with E-state index >= 15 is 0 Å². The highest BCUT2D eigenvalue weighted by atomic mass is 127. The van der Waals surface area contributed by atoms with E-state index in [0.29, 0.717) is 23.1 Å². The number of aliphatic imine (C=N–C) groups is 1. The zero-order valence-electron chi connectivity index (χ0n) is 16.1. The zero-order valence-corrected chi connectivity index (χ0v) is 19.2. The van der Waals surface area contributed by atoms with Crippen LogP contribution in [0.25, 0.3) is 0 Å². The predicted molar refractivity (Wildman–Crippen MR) is 121 cm³/mol.